The molecular formula is C40H43F4N7O2. The van der Waals surface area contributed by atoms with Crippen molar-refractivity contribution in [3.63, 3.8) is 0 Å². The van der Waals surface area contributed by atoms with Crippen molar-refractivity contribution in [2.75, 3.05) is 64.4 Å². The number of fused-ring (bicyclic) bond motifs is 2. The van der Waals surface area contributed by atoms with Gasteiger partial charge in [-0.3, -0.25) is 14.7 Å². The minimum absolute atomic E-state index is 0.00622. The Bertz CT molecular complexity index is 2060. The third kappa shape index (κ3) is 7.94. The molecule has 3 fully saturated rings. The molecule has 3 aliphatic heterocycles. The monoisotopic (exact) mass is 729 g/mol. The Labute approximate surface area is 306 Å². The highest BCUT2D eigenvalue weighted by molar-refractivity contribution is 6.02. The van der Waals surface area contributed by atoms with Crippen molar-refractivity contribution < 1.29 is 27.1 Å². The molecule has 3 saturated heterocycles. The maximum absolute atomic E-state index is 16.9. The molecule has 0 spiro atoms. The van der Waals surface area contributed by atoms with Crippen LogP contribution in [0.25, 0.3) is 32.9 Å². The average molecular weight is 730 g/mol. The third-order valence-corrected chi connectivity index (χ3v) is 10.6. The highest BCUT2D eigenvalue weighted by Gasteiger charge is 2.31. The lowest BCUT2D eigenvalue weighted by Crippen LogP contribution is -2.37. The highest BCUT2D eigenvalue weighted by Crippen LogP contribution is 2.37. The van der Waals surface area contributed by atoms with Gasteiger partial charge in [0, 0.05) is 75.6 Å². The normalized spacial score (nSPS) is 22.7. The molecule has 13 heteroatoms. The van der Waals surface area contributed by atoms with E-state index in [9.17, 15) is 18.0 Å². The number of halogens is 4. The molecule has 2 aromatic heterocycles. The van der Waals surface area contributed by atoms with E-state index in [0.717, 1.165) is 12.8 Å². The van der Waals surface area contributed by atoms with Crippen molar-refractivity contribution in [2.24, 2.45) is 5.92 Å². The Balaban J connectivity index is 1.21. The van der Waals surface area contributed by atoms with Crippen LogP contribution >= 0.6 is 0 Å². The number of hydrogen-bond acceptors (Lipinski definition) is 8. The Morgan fingerprint density at radius 1 is 1.11 bits per heavy atom. The van der Waals surface area contributed by atoms with Gasteiger partial charge in [-0.2, -0.15) is 9.97 Å². The molecule has 0 saturated carbocycles. The molecule has 9 nitrogen and oxygen atoms in total. The predicted molar refractivity (Wildman–Crippen MR) is 197 cm³/mol. The second-order valence-corrected chi connectivity index (χ2v) is 14.2. The molecule has 4 atom stereocenters. The zero-order valence-electron chi connectivity index (χ0n) is 29.7. The molecule has 4 aromatic rings. The van der Waals surface area contributed by atoms with Crippen LogP contribution in [0.4, 0.5) is 23.4 Å². The van der Waals surface area contributed by atoms with E-state index in [4.69, 9.17) is 16.1 Å². The number of benzene rings is 2. The number of carbonyl (C=O) groups is 1. The lowest BCUT2D eigenvalue weighted by Gasteiger charge is -2.27. The quantitative estimate of drug-likeness (QED) is 0.131. The van der Waals surface area contributed by atoms with Crippen molar-refractivity contribution in [3.8, 4) is 29.6 Å². The molecule has 3 aliphatic rings. The van der Waals surface area contributed by atoms with Crippen LogP contribution < -0.4 is 15.0 Å². The summed E-state index contributed by atoms with van der Waals surface area (Å²) in [5.41, 5.74) is 0.215. The number of hydrogen-bond donors (Lipinski definition) is 1. The third-order valence-electron chi connectivity index (χ3n) is 10.6. The number of ether oxygens (including phenoxy) is 1. The van der Waals surface area contributed by atoms with Crippen molar-refractivity contribution in [3.05, 3.63) is 65.9 Å². The van der Waals surface area contributed by atoms with Crippen LogP contribution in [0.3, 0.4) is 0 Å². The Kier molecular flexibility index (Phi) is 11.1. The van der Waals surface area contributed by atoms with Crippen LogP contribution in [0.1, 0.15) is 37.7 Å². The van der Waals surface area contributed by atoms with E-state index >= 15 is 4.39 Å². The van der Waals surface area contributed by atoms with Gasteiger partial charge in [0.2, 0.25) is 5.91 Å². The van der Waals surface area contributed by atoms with Gasteiger partial charge in [0.15, 0.2) is 5.82 Å². The van der Waals surface area contributed by atoms with Gasteiger partial charge < -0.3 is 19.9 Å². The maximum atomic E-state index is 16.9. The second kappa shape index (κ2) is 16.1. The number of nitrogens with zero attached hydrogens (tertiary/aromatic N) is 6. The molecule has 0 unspecified atom stereocenters. The van der Waals surface area contributed by atoms with Crippen LogP contribution in [0.15, 0.2) is 48.7 Å². The number of amides is 1. The first-order valence-electron chi connectivity index (χ1n) is 18.3. The summed E-state index contributed by atoms with van der Waals surface area (Å²) in [6, 6.07) is 7.78. The van der Waals surface area contributed by atoms with E-state index in [-0.39, 0.29) is 53.8 Å². The molecular weight excluding hydrogens is 686 g/mol. The standard InChI is InChI=1S/C40H43F4N7O2/c1-3-30-33(43)12-11-26-8-4-9-31(35(26)30)37-36(44)38-32(21-46-37)39(48-40(47-38)53-24-25-7-5-15-45-20-28(42)19-25)49(2)29-14-18-51(23-29)34(52)10-6-16-50-17-13-27(41)22-50/h1,4,6,8-12,21,25,27-29,45H,5,7,13-20,22-24H2,2H3/b10-6+/t25-,27+,28-,29-/m1/s1. The Morgan fingerprint density at radius 2 is 1.98 bits per heavy atom. The van der Waals surface area contributed by atoms with Crippen LogP contribution in [-0.4, -0.2) is 109 Å². The largest absolute Gasteiger partial charge is 0.463 e. The van der Waals surface area contributed by atoms with E-state index in [1.807, 2.05) is 16.8 Å². The highest BCUT2D eigenvalue weighted by atomic mass is 19.1. The summed E-state index contributed by atoms with van der Waals surface area (Å²) >= 11 is 0. The first-order chi connectivity index (χ1) is 25.7. The molecule has 0 bridgehead atoms. The molecule has 1 amide bonds. The zero-order valence-corrected chi connectivity index (χ0v) is 29.7. The van der Waals surface area contributed by atoms with Gasteiger partial charge in [0.25, 0.3) is 0 Å². The van der Waals surface area contributed by atoms with E-state index in [1.165, 1.54) is 12.3 Å². The number of anilines is 1. The fraction of sp³-hybridized carbons (Fsp3) is 0.450. The summed E-state index contributed by atoms with van der Waals surface area (Å²) in [5.74, 6) is 1.21. The molecule has 0 aliphatic carbocycles. The zero-order chi connectivity index (χ0) is 37.1. The number of rotatable bonds is 9. The van der Waals surface area contributed by atoms with E-state index in [2.05, 4.69) is 21.2 Å². The first kappa shape index (κ1) is 36.6. The molecule has 7 rings (SSSR count). The number of alkyl halides is 2. The maximum Gasteiger partial charge on any atom is 0.319 e. The number of nitrogens with one attached hydrogen (secondary N) is 1. The molecule has 1 N–H and O–H groups in total. The van der Waals surface area contributed by atoms with E-state index in [1.54, 1.807) is 41.3 Å². The topological polar surface area (TPSA) is 86.7 Å². The Morgan fingerprint density at radius 3 is 2.79 bits per heavy atom. The molecule has 2 aromatic carbocycles. The van der Waals surface area contributed by atoms with Crippen molar-refractivity contribution in [1.82, 2.24) is 30.1 Å². The lowest BCUT2D eigenvalue weighted by atomic mass is 9.96. The first-order valence-corrected chi connectivity index (χ1v) is 18.3. The average Bonchev–Trinajstić information content (AvgIpc) is 3.81. The van der Waals surface area contributed by atoms with Gasteiger partial charge in [-0.1, -0.05) is 36.3 Å². The number of carbonyl (C=O) groups excluding carboxylic acids is 1. The van der Waals surface area contributed by atoms with Gasteiger partial charge in [-0.05, 0) is 56.0 Å². The van der Waals surface area contributed by atoms with Crippen molar-refractivity contribution in [1.29, 1.82) is 0 Å². The number of aromatic nitrogens is 3. The molecule has 5 heterocycles. The second-order valence-electron chi connectivity index (χ2n) is 14.2. The van der Waals surface area contributed by atoms with Gasteiger partial charge in [-0.25, -0.2) is 17.6 Å². The fourth-order valence-electron chi connectivity index (χ4n) is 7.71. The van der Waals surface area contributed by atoms with Gasteiger partial charge >= 0.3 is 6.01 Å². The molecule has 0 radical (unpaired) electrons. The number of terminal acetylenes is 1. The lowest BCUT2D eigenvalue weighted by molar-refractivity contribution is -0.125. The summed E-state index contributed by atoms with van der Waals surface area (Å²) in [7, 11) is 1.83. The fourth-order valence-corrected chi connectivity index (χ4v) is 7.71. The minimum Gasteiger partial charge on any atom is -0.463 e. The molecule has 278 valence electrons. The number of pyridine rings is 1. The summed E-state index contributed by atoms with van der Waals surface area (Å²) in [6.45, 7) is 3.63. The van der Waals surface area contributed by atoms with Crippen LogP contribution in [0, 0.1) is 29.9 Å². The van der Waals surface area contributed by atoms with E-state index < -0.39 is 24.0 Å². The smallest absolute Gasteiger partial charge is 0.319 e. The molecule has 53 heavy (non-hydrogen) atoms. The number of likely N-dealkylation sites (tertiary alicyclic amines) is 2. The summed E-state index contributed by atoms with van der Waals surface area (Å²) in [6.07, 6.45) is 11.8. The summed E-state index contributed by atoms with van der Waals surface area (Å²) < 4.78 is 66.0. The van der Waals surface area contributed by atoms with Crippen LogP contribution in [0.2, 0.25) is 0 Å². The van der Waals surface area contributed by atoms with Crippen molar-refractivity contribution >= 4 is 33.4 Å². The van der Waals surface area contributed by atoms with Crippen molar-refractivity contribution in [2.45, 2.75) is 50.5 Å². The number of likely N-dealkylation sites (N-methyl/N-ethyl adjacent to an activating group) is 1. The van der Waals surface area contributed by atoms with E-state index in [0.29, 0.717) is 86.1 Å². The summed E-state index contributed by atoms with van der Waals surface area (Å²) in [5, 5.41) is 4.43. The SMILES string of the molecule is C#Cc1c(F)ccc2cccc(-c3ncc4c(N(C)[C@@H]5CCN(C(=O)/C=C/CN6CC[C@H](F)C6)C5)nc(OC[C@@H]5CCCNC[C@H](F)C5)nc4c3F)c12. The Hall–Kier alpha value is -4.80. The van der Waals surface area contributed by atoms with Gasteiger partial charge in [0.1, 0.15) is 35.2 Å². The minimum atomic E-state index is -1.02. The van der Waals surface area contributed by atoms with Crippen LogP contribution in [0.5, 0.6) is 6.01 Å². The summed E-state index contributed by atoms with van der Waals surface area (Å²) in [4.78, 5) is 32.5. The van der Waals surface area contributed by atoms with Crippen LogP contribution in [-0.2, 0) is 4.79 Å². The van der Waals surface area contributed by atoms with Gasteiger partial charge in [0.05, 0.1) is 17.6 Å². The predicted octanol–water partition coefficient (Wildman–Crippen LogP) is 5.85. The van der Waals surface area contributed by atoms with Gasteiger partial charge in [-0.15, -0.1) is 6.42 Å².